The summed E-state index contributed by atoms with van der Waals surface area (Å²) in [6, 6.07) is -1.97. The molecule has 1 rings (SSSR count). The predicted molar refractivity (Wildman–Crippen MR) is 69.4 cm³/mol. The Morgan fingerprint density at radius 1 is 1.38 bits per heavy atom. The minimum absolute atomic E-state index is 0.0882. The minimum atomic E-state index is -1.29. The highest BCUT2D eigenvalue weighted by atomic mass is 16.4. The Balaban J connectivity index is 2.46. The molecule has 0 spiro atoms. The second kappa shape index (κ2) is 7.82. The lowest BCUT2D eigenvalue weighted by Crippen LogP contribution is -2.46. The Hall–Kier alpha value is -2.65. The maximum atomic E-state index is 11.6. The first-order valence-corrected chi connectivity index (χ1v) is 6.29. The van der Waals surface area contributed by atoms with Crippen LogP contribution in [-0.2, 0) is 22.7 Å². The zero-order valence-corrected chi connectivity index (χ0v) is 11.4. The molecule has 1 heterocycles. The molecule has 0 aliphatic rings. The summed E-state index contributed by atoms with van der Waals surface area (Å²) in [7, 11) is 0. The van der Waals surface area contributed by atoms with Crippen LogP contribution in [0.2, 0.25) is 0 Å². The molecule has 10 heteroatoms. The van der Waals surface area contributed by atoms with Crippen LogP contribution in [0.3, 0.4) is 0 Å². The van der Waals surface area contributed by atoms with Crippen molar-refractivity contribution in [3.05, 3.63) is 12.2 Å². The average molecular weight is 299 g/mol. The van der Waals surface area contributed by atoms with Crippen LogP contribution in [0.15, 0.2) is 6.33 Å². The number of rotatable bonds is 8. The van der Waals surface area contributed by atoms with Gasteiger partial charge in [-0.1, -0.05) is 0 Å². The van der Waals surface area contributed by atoms with Gasteiger partial charge in [0.05, 0.1) is 6.54 Å². The molecule has 0 aliphatic heterocycles. The molecule has 0 saturated carbocycles. The number of hydrogen-bond acceptors (Lipinski definition) is 5. The van der Waals surface area contributed by atoms with E-state index < -0.39 is 24.0 Å². The van der Waals surface area contributed by atoms with Crippen LogP contribution in [0.4, 0.5) is 4.79 Å². The van der Waals surface area contributed by atoms with Gasteiger partial charge >= 0.3 is 18.0 Å². The maximum absolute atomic E-state index is 11.6. The van der Waals surface area contributed by atoms with Gasteiger partial charge < -0.3 is 25.4 Å². The molecule has 10 nitrogen and oxygen atoms in total. The van der Waals surface area contributed by atoms with E-state index in [9.17, 15) is 14.4 Å². The summed E-state index contributed by atoms with van der Waals surface area (Å²) >= 11 is 0. The molecule has 0 unspecified atom stereocenters. The van der Waals surface area contributed by atoms with Crippen LogP contribution in [0, 0.1) is 0 Å². The molecular weight excluding hydrogens is 282 g/mol. The lowest BCUT2D eigenvalue weighted by Gasteiger charge is -2.14. The number of nitrogens with one attached hydrogen (secondary N) is 2. The van der Waals surface area contributed by atoms with Crippen LogP contribution >= 0.6 is 0 Å². The molecular formula is C11H17N5O5. The fraction of sp³-hybridized carbons (Fsp3) is 0.545. The topological polar surface area (TPSA) is 146 Å². The summed E-state index contributed by atoms with van der Waals surface area (Å²) < 4.78 is 1.72. The standard InChI is InChI=1S/C11H17N5O5/c1-2-16-6-13-15-8(16)5-12-11(21)14-7(10(19)20)3-4-9(17)18/h6-7H,2-5H2,1H3,(H,17,18)(H,19,20)(H2,12,14,21)/t7-/m0/s1. The number of amides is 2. The van der Waals surface area contributed by atoms with Gasteiger partial charge in [-0.15, -0.1) is 10.2 Å². The van der Waals surface area contributed by atoms with E-state index in [1.54, 1.807) is 4.57 Å². The number of carbonyl (C=O) groups excluding carboxylic acids is 1. The number of urea groups is 1. The fourth-order valence-electron chi connectivity index (χ4n) is 1.57. The first kappa shape index (κ1) is 16.4. The van der Waals surface area contributed by atoms with Crippen molar-refractivity contribution >= 4 is 18.0 Å². The van der Waals surface area contributed by atoms with Crippen molar-refractivity contribution in [2.45, 2.75) is 38.9 Å². The van der Waals surface area contributed by atoms with Gasteiger partial charge in [0.1, 0.15) is 12.4 Å². The van der Waals surface area contributed by atoms with Crippen LogP contribution in [0.1, 0.15) is 25.6 Å². The van der Waals surface area contributed by atoms with Crippen LogP contribution in [-0.4, -0.2) is 49.0 Å². The third kappa shape index (κ3) is 5.47. The summed E-state index contributed by atoms with van der Waals surface area (Å²) in [5.74, 6) is -1.88. The molecule has 0 aliphatic carbocycles. The van der Waals surface area contributed by atoms with E-state index in [0.717, 1.165) is 0 Å². The Morgan fingerprint density at radius 3 is 2.67 bits per heavy atom. The minimum Gasteiger partial charge on any atom is -0.481 e. The zero-order chi connectivity index (χ0) is 15.8. The van der Waals surface area contributed by atoms with Crippen molar-refractivity contribution in [2.75, 3.05) is 0 Å². The molecule has 0 saturated heterocycles. The number of aliphatic carboxylic acids is 2. The Kier molecular flexibility index (Phi) is 6.11. The van der Waals surface area contributed by atoms with Gasteiger partial charge in [0.25, 0.3) is 0 Å². The highest BCUT2D eigenvalue weighted by Gasteiger charge is 2.20. The smallest absolute Gasteiger partial charge is 0.326 e. The summed E-state index contributed by atoms with van der Waals surface area (Å²) in [5, 5.41) is 29.6. The molecule has 0 radical (unpaired) electrons. The number of aryl methyl sites for hydroxylation is 1. The van der Waals surface area contributed by atoms with Crippen molar-refractivity contribution in [1.29, 1.82) is 0 Å². The first-order chi connectivity index (χ1) is 9.93. The van der Waals surface area contributed by atoms with Crippen molar-refractivity contribution in [3.8, 4) is 0 Å². The predicted octanol–water partition coefficient (Wildman–Crippen LogP) is -0.585. The maximum Gasteiger partial charge on any atom is 0.326 e. The highest BCUT2D eigenvalue weighted by Crippen LogP contribution is 1.99. The van der Waals surface area contributed by atoms with Crippen LogP contribution in [0.5, 0.6) is 0 Å². The first-order valence-electron chi connectivity index (χ1n) is 6.29. The molecule has 1 aromatic rings. The lowest BCUT2D eigenvalue weighted by atomic mass is 10.1. The van der Waals surface area contributed by atoms with Crippen LogP contribution < -0.4 is 10.6 Å². The third-order valence-electron chi connectivity index (χ3n) is 2.69. The number of carboxylic acid groups (broad SMARTS) is 2. The Bertz CT molecular complexity index is 515. The average Bonchev–Trinajstić information content (AvgIpc) is 2.88. The van der Waals surface area contributed by atoms with Crippen molar-refractivity contribution in [3.63, 3.8) is 0 Å². The Labute approximate surface area is 120 Å². The molecule has 1 atom stereocenters. The molecule has 1 aromatic heterocycles. The van der Waals surface area contributed by atoms with Gasteiger partial charge in [0.15, 0.2) is 5.82 Å². The van der Waals surface area contributed by atoms with E-state index in [4.69, 9.17) is 10.2 Å². The number of hydrogen-bond donors (Lipinski definition) is 4. The van der Waals surface area contributed by atoms with Gasteiger partial charge in [0, 0.05) is 13.0 Å². The molecule has 0 fully saturated rings. The monoisotopic (exact) mass is 299 g/mol. The van der Waals surface area contributed by atoms with Crippen molar-refractivity contribution in [1.82, 2.24) is 25.4 Å². The molecule has 0 aromatic carbocycles. The quantitative estimate of drug-likeness (QED) is 0.502. The third-order valence-corrected chi connectivity index (χ3v) is 2.69. The summed E-state index contributed by atoms with van der Waals surface area (Å²) in [5.41, 5.74) is 0. The van der Waals surface area contributed by atoms with E-state index in [2.05, 4.69) is 20.8 Å². The highest BCUT2D eigenvalue weighted by molar-refractivity contribution is 5.82. The van der Waals surface area contributed by atoms with E-state index in [1.807, 2.05) is 6.92 Å². The molecule has 0 bridgehead atoms. The number of nitrogens with zero attached hydrogens (tertiary/aromatic N) is 3. The summed E-state index contributed by atoms with van der Waals surface area (Å²) in [6.07, 6.45) is 0.979. The number of carboxylic acids is 2. The molecule has 2 amide bonds. The molecule has 4 N–H and O–H groups in total. The number of carbonyl (C=O) groups is 3. The normalized spacial score (nSPS) is 11.7. The van der Waals surface area contributed by atoms with Gasteiger partial charge in [-0.25, -0.2) is 9.59 Å². The van der Waals surface area contributed by atoms with E-state index in [0.29, 0.717) is 12.4 Å². The molecule has 116 valence electrons. The van der Waals surface area contributed by atoms with Gasteiger partial charge in [0.2, 0.25) is 0 Å². The largest absolute Gasteiger partial charge is 0.481 e. The summed E-state index contributed by atoms with van der Waals surface area (Å²) in [6.45, 7) is 2.62. The van der Waals surface area contributed by atoms with E-state index in [1.165, 1.54) is 6.33 Å². The van der Waals surface area contributed by atoms with Crippen LogP contribution in [0.25, 0.3) is 0 Å². The second-order valence-electron chi connectivity index (χ2n) is 4.18. The van der Waals surface area contributed by atoms with E-state index >= 15 is 0 Å². The lowest BCUT2D eigenvalue weighted by molar-refractivity contribution is -0.140. The summed E-state index contributed by atoms with van der Waals surface area (Å²) in [4.78, 5) is 33.0. The number of aromatic nitrogens is 3. The zero-order valence-electron chi connectivity index (χ0n) is 11.4. The van der Waals surface area contributed by atoms with Gasteiger partial charge in [-0.2, -0.15) is 0 Å². The van der Waals surface area contributed by atoms with Gasteiger partial charge in [-0.3, -0.25) is 4.79 Å². The molecule has 21 heavy (non-hydrogen) atoms. The SMILES string of the molecule is CCn1cnnc1CNC(=O)N[C@@H](CCC(=O)O)C(=O)O. The second-order valence-corrected chi connectivity index (χ2v) is 4.18. The van der Waals surface area contributed by atoms with Gasteiger partial charge in [-0.05, 0) is 13.3 Å². The Morgan fingerprint density at radius 2 is 2.10 bits per heavy atom. The van der Waals surface area contributed by atoms with E-state index in [-0.39, 0.29) is 19.4 Å². The fourth-order valence-corrected chi connectivity index (χ4v) is 1.57. The van der Waals surface area contributed by atoms with Crippen molar-refractivity contribution in [2.24, 2.45) is 0 Å². The van der Waals surface area contributed by atoms with Crippen molar-refractivity contribution < 1.29 is 24.6 Å².